The summed E-state index contributed by atoms with van der Waals surface area (Å²) in [5.41, 5.74) is 7.28. The summed E-state index contributed by atoms with van der Waals surface area (Å²) in [6.07, 6.45) is 2.33. The second-order valence-corrected chi connectivity index (χ2v) is 3.69. The van der Waals surface area contributed by atoms with Gasteiger partial charge < -0.3 is 11.1 Å². The van der Waals surface area contributed by atoms with Crippen molar-refractivity contribution in [1.82, 2.24) is 9.97 Å². The fourth-order valence-electron chi connectivity index (χ4n) is 1.43. The molecule has 5 heteroatoms. The minimum absolute atomic E-state index is 0.108. The molecule has 0 unspecified atom stereocenters. The molecule has 17 heavy (non-hydrogen) atoms. The molecule has 2 rings (SSSR count). The van der Waals surface area contributed by atoms with Crippen LogP contribution in [0.25, 0.3) is 0 Å². The summed E-state index contributed by atoms with van der Waals surface area (Å²) in [7, 11) is 0. The quantitative estimate of drug-likeness (QED) is 0.748. The Balaban J connectivity index is 2.19. The third-order valence-electron chi connectivity index (χ3n) is 2.45. The second-order valence-electron chi connectivity index (χ2n) is 3.69. The molecular weight excluding hydrogens is 216 g/mol. The van der Waals surface area contributed by atoms with E-state index in [9.17, 15) is 4.79 Å². The van der Waals surface area contributed by atoms with Crippen LogP contribution in [0.5, 0.6) is 0 Å². The third kappa shape index (κ3) is 2.63. The number of rotatable bonds is 3. The Morgan fingerprint density at radius 2 is 2.06 bits per heavy atom. The summed E-state index contributed by atoms with van der Waals surface area (Å²) in [4.78, 5) is 17.8. The standard InChI is InChI=1S/C12H14N4O/c1-2-8-3-5-9(6-4-8)15-12-14-7-10(13)11(17)16-12/h3-7H,2,13H2,1H3,(H2,14,15,16,17). The van der Waals surface area contributed by atoms with Crippen LogP contribution in [-0.2, 0) is 6.42 Å². The number of hydrogen-bond donors (Lipinski definition) is 3. The average Bonchev–Trinajstić information content (AvgIpc) is 2.35. The van der Waals surface area contributed by atoms with Crippen LogP contribution < -0.4 is 16.6 Å². The summed E-state index contributed by atoms with van der Waals surface area (Å²) in [5, 5.41) is 3.00. The molecule has 88 valence electrons. The number of nitrogens with two attached hydrogens (primary N) is 1. The van der Waals surface area contributed by atoms with E-state index in [1.165, 1.54) is 11.8 Å². The Bertz CT molecular complexity index is 559. The van der Waals surface area contributed by atoms with E-state index < -0.39 is 0 Å². The zero-order chi connectivity index (χ0) is 12.3. The van der Waals surface area contributed by atoms with E-state index in [1.807, 2.05) is 24.3 Å². The molecule has 0 fully saturated rings. The van der Waals surface area contributed by atoms with E-state index >= 15 is 0 Å². The molecule has 0 saturated carbocycles. The number of nitrogens with zero attached hydrogens (tertiary/aromatic N) is 1. The second kappa shape index (κ2) is 4.69. The van der Waals surface area contributed by atoms with Gasteiger partial charge in [0.1, 0.15) is 5.69 Å². The number of anilines is 3. The number of aromatic nitrogens is 2. The first-order valence-electron chi connectivity index (χ1n) is 5.40. The molecular formula is C12H14N4O. The van der Waals surface area contributed by atoms with Gasteiger partial charge >= 0.3 is 0 Å². The highest BCUT2D eigenvalue weighted by atomic mass is 16.1. The van der Waals surface area contributed by atoms with Crippen molar-refractivity contribution in [3.05, 3.63) is 46.4 Å². The SMILES string of the molecule is CCc1ccc(Nc2ncc(N)c(=O)[nH]2)cc1. The predicted octanol–water partition coefficient (Wildman–Crippen LogP) is 1.66. The summed E-state index contributed by atoms with van der Waals surface area (Å²) in [6, 6.07) is 7.93. The van der Waals surface area contributed by atoms with Crippen molar-refractivity contribution >= 4 is 17.3 Å². The Morgan fingerprint density at radius 3 is 2.65 bits per heavy atom. The highest BCUT2D eigenvalue weighted by molar-refractivity contribution is 5.54. The van der Waals surface area contributed by atoms with Crippen LogP contribution in [-0.4, -0.2) is 9.97 Å². The van der Waals surface area contributed by atoms with Crippen molar-refractivity contribution in [2.45, 2.75) is 13.3 Å². The number of aromatic amines is 1. The number of nitrogens with one attached hydrogen (secondary N) is 2. The smallest absolute Gasteiger partial charge is 0.275 e. The lowest BCUT2D eigenvalue weighted by molar-refractivity contribution is 1.12. The molecule has 0 amide bonds. The van der Waals surface area contributed by atoms with Gasteiger partial charge in [-0.25, -0.2) is 4.98 Å². The minimum atomic E-state index is -0.340. The number of nitrogen functional groups attached to an aromatic ring is 1. The maximum Gasteiger partial charge on any atom is 0.275 e. The van der Waals surface area contributed by atoms with Crippen LogP contribution in [0.4, 0.5) is 17.3 Å². The molecule has 1 aromatic carbocycles. The van der Waals surface area contributed by atoms with Crippen molar-refractivity contribution in [2.24, 2.45) is 0 Å². The summed E-state index contributed by atoms with van der Waals surface area (Å²) in [5.74, 6) is 0.383. The van der Waals surface area contributed by atoms with Crippen LogP contribution >= 0.6 is 0 Å². The van der Waals surface area contributed by atoms with Gasteiger partial charge in [-0.15, -0.1) is 0 Å². The van der Waals surface area contributed by atoms with Gasteiger partial charge in [-0.05, 0) is 24.1 Å². The monoisotopic (exact) mass is 230 g/mol. The van der Waals surface area contributed by atoms with Gasteiger partial charge in [0.15, 0.2) is 0 Å². The molecule has 0 bridgehead atoms. The lowest BCUT2D eigenvalue weighted by Gasteiger charge is -2.05. The summed E-state index contributed by atoms with van der Waals surface area (Å²) in [6.45, 7) is 2.10. The van der Waals surface area contributed by atoms with Crippen molar-refractivity contribution in [3.8, 4) is 0 Å². The number of aryl methyl sites for hydroxylation is 1. The lowest BCUT2D eigenvalue weighted by atomic mass is 10.1. The third-order valence-corrected chi connectivity index (χ3v) is 2.45. The Kier molecular flexibility index (Phi) is 3.09. The fraction of sp³-hybridized carbons (Fsp3) is 0.167. The van der Waals surface area contributed by atoms with Crippen LogP contribution in [0.3, 0.4) is 0 Å². The van der Waals surface area contributed by atoms with Gasteiger partial charge in [0.25, 0.3) is 5.56 Å². The topological polar surface area (TPSA) is 83.8 Å². The molecule has 0 aliphatic carbocycles. The molecule has 0 atom stereocenters. The van der Waals surface area contributed by atoms with Crippen molar-refractivity contribution in [1.29, 1.82) is 0 Å². The number of benzene rings is 1. The Morgan fingerprint density at radius 1 is 1.35 bits per heavy atom. The number of hydrogen-bond acceptors (Lipinski definition) is 4. The molecule has 0 saturated heterocycles. The summed E-state index contributed by atoms with van der Waals surface area (Å²) >= 11 is 0. The largest absolute Gasteiger partial charge is 0.393 e. The predicted molar refractivity (Wildman–Crippen MR) is 68.4 cm³/mol. The van der Waals surface area contributed by atoms with Gasteiger partial charge in [-0.1, -0.05) is 19.1 Å². The first-order valence-corrected chi connectivity index (χ1v) is 5.40. The first kappa shape index (κ1) is 11.2. The maximum absolute atomic E-state index is 11.3. The van der Waals surface area contributed by atoms with Crippen LogP contribution in [0, 0.1) is 0 Å². The van der Waals surface area contributed by atoms with Crippen molar-refractivity contribution < 1.29 is 0 Å². The molecule has 1 aromatic heterocycles. The van der Waals surface area contributed by atoms with Crippen LogP contribution in [0.1, 0.15) is 12.5 Å². The minimum Gasteiger partial charge on any atom is -0.393 e. The van der Waals surface area contributed by atoms with E-state index in [1.54, 1.807) is 0 Å². The van der Waals surface area contributed by atoms with Crippen molar-refractivity contribution in [3.63, 3.8) is 0 Å². The molecule has 4 N–H and O–H groups in total. The van der Waals surface area contributed by atoms with E-state index in [0.717, 1.165) is 12.1 Å². The molecule has 5 nitrogen and oxygen atoms in total. The molecule has 2 aromatic rings. The molecule has 0 radical (unpaired) electrons. The van der Waals surface area contributed by atoms with E-state index in [-0.39, 0.29) is 11.2 Å². The maximum atomic E-state index is 11.3. The van der Waals surface area contributed by atoms with E-state index in [4.69, 9.17) is 5.73 Å². The fourth-order valence-corrected chi connectivity index (χ4v) is 1.43. The number of H-pyrrole nitrogens is 1. The van der Waals surface area contributed by atoms with Gasteiger partial charge in [0, 0.05) is 5.69 Å². The molecule has 0 aliphatic heterocycles. The van der Waals surface area contributed by atoms with Crippen molar-refractivity contribution in [2.75, 3.05) is 11.1 Å². The van der Waals surface area contributed by atoms with Gasteiger partial charge in [-0.3, -0.25) is 9.78 Å². The zero-order valence-corrected chi connectivity index (χ0v) is 9.53. The summed E-state index contributed by atoms with van der Waals surface area (Å²) < 4.78 is 0. The molecule has 1 heterocycles. The first-order chi connectivity index (χ1) is 8.19. The molecule has 0 spiro atoms. The highest BCUT2D eigenvalue weighted by Crippen LogP contribution is 2.13. The van der Waals surface area contributed by atoms with Crippen LogP contribution in [0.15, 0.2) is 35.3 Å². The normalized spacial score (nSPS) is 10.2. The van der Waals surface area contributed by atoms with Gasteiger partial charge in [-0.2, -0.15) is 0 Å². The van der Waals surface area contributed by atoms with E-state index in [0.29, 0.717) is 5.95 Å². The van der Waals surface area contributed by atoms with Crippen LogP contribution in [0.2, 0.25) is 0 Å². The Labute approximate surface area is 98.7 Å². The van der Waals surface area contributed by atoms with Gasteiger partial charge in [0.2, 0.25) is 5.95 Å². The average molecular weight is 230 g/mol. The highest BCUT2D eigenvalue weighted by Gasteiger charge is 1.99. The Hall–Kier alpha value is -2.30. The van der Waals surface area contributed by atoms with Gasteiger partial charge in [0.05, 0.1) is 6.20 Å². The van der Waals surface area contributed by atoms with E-state index in [2.05, 4.69) is 22.2 Å². The lowest BCUT2D eigenvalue weighted by Crippen LogP contribution is -2.14. The zero-order valence-electron chi connectivity index (χ0n) is 9.53. The molecule has 0 aliphatic rings.